The highest BCUT2D eigenvalue weighted by Crippen LogP contribution is 2.38. The van der Waals surface area contributed by atoms with Crippen LogP contribution in [0.1, 0.15) is 18.1 Å². The van der Waals surface area contributed by atoms with Gasteiger partial charge in [0.05, 0.1) is 12.8 Å². The van der Waals surface area contributed by atoms with Gasteiger partial charge >= 0.3 is 0 Å². The topological polar surface area (TPSA) is 21.6 Å². The third kappa shape index (κ3) is 2.14. The molecule has 19 heavy (non-hydrogen) atoms. The van der Waals surface area contributed by atoms with Crippen molar-refractivity contribution in [2.24, 2.45) is 4.99 Å². The first-order valence-electron chi connectivity index (χ1n) is 6.49. The molecule has 2 aromatic rings. The van der Waals surface area contributed by atoms with Gasteiger partial charge in [0.2, 0.25) is 0 Å². The first kappa shape index (κ1) is 12.0. The highest BCUT2D eigenvalue weighted by atomic mass is 16.5. The molecule has 2 heteroatoms. The molecule has 0 aromatic heterocycles. The smallest absolute Gasteiger partial charge is 0.118 e. The Morgan fingerprint density at radius 1 is 1.05 bits per heavy atom. The Hall–Kier alpha value is -2.09. The van der Waals surface area contributed by atoms with Gasteiger partial charge in [0.1, 0.15) is 5.75 Å². The quantitative estimate of drug-likeness (QED) is 0.810. The van der Waals surface area contributed by atoms with Crippen LogP contribution in [0.4, 0.5) is 5.69 Å². The van der Waals surface area contributed by atoms with Gasteiger partial charge in [0.25, 0.3) is 0 Å². The molecular weight excluding hydrogens is 234 g/mol. The molecule has 2 nitrogen and oxygen atoms in total. The lowest BCUT2D eigenvalue weighted by atomic mass is 9.79. The zero-order valence-corrected chi connectivity index (χ0v) is 11.3. The van der Waals surface area contributed by atoms with Crippen LogP contribution in [0.3, 0.4) is 0 Å². The summed E-state index contributed by atoms with van der Waals surface area (Å²) in [6.45, 7) is 2.24. The number of methoxy groups -OCH3 is 1. The molecule has 1 atom stereocenters. The van der Waals surface area contributed by atoms with Gasteiger partial charge < -0.3 is 4.74 Å². The highest BCUT2D eigenvalue weighted by Gasteiger charge is 2.31. The van der Waals surface area contributed by atoms with Gasteiger partial charge in [-0.2, -0.15) is 0 Å². The summed E-state index contributed by atoms with van der Waals surface area (Å²) in [5.41, 5.74) is 3.70. The summed E-state index contributed by atoms with van der Waals surface area (Å²) in [5.74, 6) is 0.898. The summed E-state index contributed by atoms with van der Waals surface area (Å²) in [6, 6.07) is 16.6. The van der Waals surface area contributed by atoms with E-state index in [1.54, 1.807) is 7.11 Å². The van der Waals surface area contributed by atoms with E-state index in [0.717, 1.165) is 17.9 Å². The Morgan fingerprint density at radius 3 is 2.53 bits per heavy atom. The van der Waals surface area contributed by atoms with Gasteiger partial charge in [0.15, 0.2) is 0 Å². The number of hydrogen-bond acceptors (Lipinski definition) is 2. The van der Waals surface area contributed by atoms with E-state index in [1.807, 2.05) is 18.2 Å². The molecule has 1 aliphatic heterocycles. The maximum Gasteiger partial charge on any atom is 0.118 e. The predicted octanol–water partition coefficient (Wildman–Crippen LogP) is 3.91. The van der Waals surface area contributed by atoms with E-state index >= 15 is 0 Å². The lowest BCUT2D eigenvalue weighted by Crippen LogP contribution is -2.24. The van der Waals surface area contributed by atoms with Crippen molar-refractivity contribution < 1.29 is 4.74 Å². The Morgan fingerprint density at radius 2 is 1.79 bits per heavy atom. The lowest BCUT2D eigenvalue weighted by molar-refractivity contribution is 0.414. The molecule has 0 bridgehead atoms. The Balaban J connectivity index is 1.89. The van der Waals surface area contributed by atoms with Crippen LogP contribution in [0.2, 0.25) is 0 Å². The van der Waals surface area contributed by atoms with E-state index in [2.05, 4.69) is 48.5 Å². The third-order valence-electron chi connectivity index (χ3n) is 3.74. The van der Waals surface area contributed by atoms with Crippen LogP contribution in [-0.4, -0.2) is 13.3 Å². The average Bonchev–Trinajstić information content (AvgIpc) is 2.78. The fraction of sp³-hybridized carbons (Fsp3) is 0.235. The molecule has 1 aliphatic rings. The fourth-order valence-electron chi connectivity index (χ4n) is 2.66. The van der Waals surface area contributed by atoms with Crippen molar-refractivity contribution in [2.45, 2.75) is 18.8 Å². The molecule has 3 rings (SSSR count). The van der Waals surface area contributed by atoms with Crippen LogP contribution < -0.4 is 4.74 Å². The van der Waals surface area contributed by atoms with Gasteiger partial charge in [-0.05, 0) is 35.7 Å². The molecule has 1 heterocycles. The van der Waals surface area contributed by atoms with Gasteiger partial charge in [0, 0.05) is 11.6 Å². The summed E-state index contributed by atoms with van der Waals surface area (Å²) < 4.78 is 5.19. The van der Waals surface area contributed by atoms with Crippen molar-refractivity contribution in [3.05, 3.63) is 59.7 Å². The summed E-state index contributed by atoms with van der Waals surface area (Å²) >= 11 is 0. The summed E-state index contributed by atoms with van der Waals surface area (Å²) in [5, 5.41) is 0. The van der Waals surface area contributed by atoms with Crippen molar-refractivity contribution >= 4 is 11.9 Å². The van der Waals surface area contributed by atoms with Crippen LogP contribution in [-0.2, 0) is 11.8 Å². The molecular formula is C17H17NO. The van der Waals surface area contributed by atoms with Crippen LogP contribution in [0.25, 0.3) is 0 Å². The summed E-state index contributed by atoms with van der Waals surface area (Å²) in [6.07, 6.45) is 3.03. The predicted molar refractivity (Wildman–Crippen MR) is 78.6 cm³/mol. The minimum atomic E-state index is -0.00875. The zero-order valence-electron chi connectivity index (χ0n) is 11.3. The van der Waals surface area contributed by atoms with E-state index in [1.165, 1.54) is 11.1 Å². The number of hydrogen-bond donors (Lipinski definition) is 0. The SMILES string of the molecule is COc1ccc(CC2(C)C=Nc3ccccc32)cc1. The van der Waals surface area contributed by atoms with Gasteiger partial charge in [-0.15, -0.1) is 0 Å². The van der Waals surface area contributed by atoms with Gasteiger partial charge in [-0.1, -0.05) is 37.3 Å². The Bertz CT molecular complexity index is 615. The van der Waals surface area contributed by atoms with E-state index in [-0.39, 0.29) is 5.41 Å². The number of rotatable bonds is 3. The van der Waals surface area contributed by atoms with Gasteiger partial charge in [-0.3, -0.25) is 4.99 Å². The molecule has 0 aliphatic carbocycles. The number of fused-ring (bicyclic) bond motifs is 1. The first-order chi connectivity index (χ1) is 9.21. The van der Waals surface area contributed by atoms with Crippen molar-refractivity contribution in [2.75, 3.05) is 7.11 Å². The largest absolute Gasteiger partial charge is 0.497 e. The number of benzene rings is 2. The van der Waals surface area contributed by atoms with Crippen molar-refractivity contribution in [3.8, 4) is 5.75 Å². The van der Waals surface area contributed by atoms with Crippen LogP contribution in [0, 0.1) is 0 Å². The Kier molecular flexibility index (Phi) is 2.86. The molecule has 0 spiro atoms. The molecule has 96 valence electrons. The van der Waals surface area contributed by atoms with E-state index < -0.39 is 0 Å². The second-order valence-corrected chi connectivity index (χ2v) is 5.22. The monoisotopic (exact) mass is 251 g/mol. The summed E-state index contributed by atoms with van der Waals surface area (Å²) in [7, 11) is 1.69. The van der Waals surface area contributed by atoms with Crippen LogP contribution in [0.15, 0.2) is 53.5 Å². The molecule has 2 aromatic carbocycles. The average molecular weight is 251 g/mol. The lowest BCUT2D eigenvalue weighted by Gasteiger charge is -2.22. The molecule has 1 unspecified atom stereocenters. The molecule has 0 saturated carbocycles. The molecule has 0 saturated heterocycles. The van der Waals surface area contributed by atoms with Crippen LogP contribution in [0.5, 0.6) is 5.75 Å². The van der Waals surface area contributed by atoms with Crippen molar-refractivity contribution in [1.29, 1.82) is 0 Å². The number of nitrogens with zero attached hydrogens (tertiary/aromatic N) is 1. The van der Waals surface area contributed by atoms with E-state index in [0.29, 0.717) is 0 Å². The number of aliphatic imine (C=N–C) groups is 1. The van der Waals surface area contributed by atoms with E-state index in [4.69, 9.17) is 4.74 Å². The normalized spacial score (nSPS) is 20.3. The minimum absolute atomic E-state index is 0.00875. The zero-order chi connectivity index (χ0) is 13.3. The minimum Gasteiger partial charge on any atom is -0.497 e. The summed E-state index contributed by atoms with van der Waals surface area (Å²) in [4.78, 5) is 4.53. The van der Waals surface area contributed by atoms with E-state index in [9.17, 15) is 0 Å². The molecule has 0 fully saturated rings. The van der Waals surface area contributed by atoms with Crippen molar-refractivity contribution in [3.63, 3.8) is 0 Å². The van der Waals surface area contributed by atoms with Gasteiger partial charge in [-0.25, -0.2) is 0 Å². The maximum atomic E-state index is 5.19. The molecule has 0 radical (unpaired) electrons. The van der Waals surface area contributed by atoms with Crippen LogP contribution >= 0.6 is 0 Å². The Labute approximate surface area is 113 Å². The fourth-order valence-corrected chi connectivity index (χ4v) is 2.66. The maximum absolute atomic E-state index is 5.19. The second kappa shape index (κ2) is 4.54. The molecule has 0 N–H and O–H groups in total. The first-order valence-corrected chi connectivity index (χ1v) is 6.49. The standard InChI is InChI=1S/C17H17NO/c1-17(11-13-7-9-14(19-2)10-8-13)12-18-16-6-4-3-5-15(16)17/h3-10,12H,11H2,1-2H3. The molecule has 0 amide bonds. The second-order valence-electron chi connectivity index (χ2n) is 5.22. The highest BCUT2D eigenvalue weighted by molar-refractivity contribution is 5.85. The van der Waals surface area contributed by atoms with Crippen molar-refractivity contribution in [1.82, 2.24) is 0 Å². The third-order valence-corrected chi connectivity index (χ3v) is 3.74. The number of para-hydroxylation sites is 1. The number of ether oxygens (including phenoxy) is 1.